The molecule has 0 amide bonds. The molecule has 1 aromatic heterocycles. The average molecular weight is 261 g/mol. The highest BCUT2D eigenvalue weighted by molar-refractivity contribution is 6.32. The van der Waals surface area contributed by atoms with Gasteiger partial charge in [0.15, 0.2) is 0 Å². The van der Waals surface area contributed by atoms with Crippen LogP contribution in [0.2, 0.25) is 10.3 Å². The van der Waals surface area contributed by atoms with Gasteiger partial charge in [0, 0.05) is 18.2 Å². The van der Waals surface area contributed by atoms with E-state index in [1.54, 1.807) is 6.07 Å². The molecule has 0 radical (unpaired) electrons. The molecular formula is C11H14Cl2N2O. The zero-order chi connectivity index (χ0) is 11.5. The monoisotopic (exact) mass is 260 g/mol. The number of nitrogens with zero attached hydrogens (tertiary/aromatic N) is 2. The number of rotatable bonds is 3. The van der Waals surface area contributed by atoms with Gasteiger partial charge in [0.25, 0.3) is 0 Å². The molecule has 2 heterocycles. The summed E-state index contributed by atoms with van der Waals surface area (Å²) in [5.41, 5.74) is 0.964. The zero-order valence-electron chi connectivity index (χ0n) is 8.87. The van der Waals surface area contributed by atoms with Crippen molar-refractivity contribution in [1.82, 2.24) is 9.88 Å². The quantitative estimate of drug-likeness (QED) is 0.848. The minimum absolute atomic E-state index is 0.207. The van der Waals surface area contributed by atoms with Crippen LogP contribution in [-0.4, -0.2) is 34.2 Å². The lowest BCUT2D eigenvalue weighted by Gasteiger charge is -2.22. The number of aliphatic hydroxyl groups is 1. The molecule has 0 aliphatic carbocycles. The Morgan fingerprint density at radius 1 is 1.44 bits per heavy atom. The van der Waals surface area contributed by atoms with E-state index in [0.29, 0.717) is 10.3 Å². The molecule has 0 aromatic carbocycles. The Labute approximate surface area is 105 Å². The van der Waals surface area contributed by atoms with E-state index in [0.717, 1.165) is 31.5 Å². The Kier molecular flexibility index (Phi) is 4.03. The SMILES string of the molecule is OC[C@@H]1CCCN1Cc1ccc(Cl)nc1Cl. The van der Waals surface area contributed by atoms with E-state index in [1.807, 2.05) is 6.07 Å². The van der Waals surface area contributed by atoms with Crippen molar-refractivity contribution in [2.24, 2.45) is 0 Å². The number of halogens is 2. The Hall–Kier alpha value is -0.350. The van der Waals surface area contributed by atoms with Crippen molar-refractivity contribution in [3.05, 3.63) is 28.0 Å². The standard InChI is InChI=1S/C11H14Cl2N2O/c12-10-4-3-8(11(13)14-10)6-15-5-1-2-9(15)7-16/h3-4,9,16H,1-2,5-7H2/t9-/m0/s1. The normalized spacial score (nSPS) is 21.6. The van der Waals surface area contributed by atoms with E-state index in [4.69, 9.17) is 23.2 Å². The van der Waals surface area contributed by atoms with E-state index in [-0.39, 0.29) is 12.6 Å². The van der Waals surface area contributed by atoms with Gasteiger partial charge >= 0.3 is 0 Å². The van der Waals surface area contributed by atoms with Crippen LogP contribution < -0.4 is 0 Å². The molecule has 1 N–H and O–H groups in total. The highest BCUT2D eigenvalue weighted by atomic mass is 35.5. The summed E-state index contributed by atoms with van der Waals surface area (Å²) in [6.07, 6.45) is 2.18. The lowest BCUT2D eigenvalue weighted by Crippen LogP contribution is -2.31. The van der Waals surface area contributed by atoms with Crippen molar-refractivity contribution in [2.45, 2.75) is 25.4 Å². The van der Waals surface area contributed by atoms with Gasteiger partial charge in [-0.05, 0) is 25.5 Å². The van der Waals surface area contributed by atoms with Crippen LogP contribution in [0.3, 0.4) is 0 Å². The number of hydrogen-bond donors (Lipinski definition) is 1. The summed E-state index contributed by atoms with van der Waals surface area (Å²) < 4.78 is 0. The first-order chi connectivity index (χ1) is 7.70. The molecule has 1 aliphatic rings. The second-order valence-corrected chi connectivity index (χ2v) is 4.78. The fourth-order valence-electron chi connectivity index (χ4n) is 2.09. The first-order valence-corrected chi connectivity index (χ1v) is 6.12. The van der Waals surface area contributed by atoms with Crippen molar-refractivity contribution < 1.29 is 5.11 Å². The summed E-state index contributed by atoms with van der Waals surface area (Å²) in [6.45, 7) is 1.94. The minimum Gasteiger partial charge on any atom is -0.395 e. The second-order valence-electron chi connectivity index (χ2n) is 4.03. The van der Waals surface area contributed by atoms with Crippen molar-refractivity contribution in [1.29, 1.82) is 0 Å². The van der Waals surface area contributed by atoms with Gasteiger partial charge < -0.3 is 5.11 Å². The van der Waals surface area contributed by atoms with E-state index < -0.39 is 0 Å². The van der Waals surface area contributed by atoms with E-state index in [9.17, 15) is 5.11 Å². The Bertz CT molecular complexity index is 373. The fourth-order valence-corrected chi connectivity index (χ4v) is 2.49. The van der Waals surface area contributed by atoms with Crippen LogP contribution in [0.15, 0.2) is 12.1 Å². The Morgan fingerprint density at radius 2 is 2.25 bits per heavy atom. The number of pyridine rings is 1. The third kappa shape index (κ3) is 2.66. The van der Waals surface area contributed by atoms with Crippen LogP contribution in [0.5, 0.6) is 0 Å². The second kappa shape index (κ2) is 5.32. The first kappa shape index (κ1) is 12.1. The van der Waals surface area contributed by atoms with E-state index in [2.05, 4.69) is 9.88 Å². The number of hydrogen-bond acceptors (Lipinski definition) is 3. The summed E-state index contributed by atoms with van der Waals surface area (Å²) in [5, 5.41) is 10.1. The molecular weight excluding hydrogens is 247 g/mol. The van der Waals surface area contributed by atoms with Crippen LogP contribution >= 0.6 is 23.2 Å². The largest absolute Gasteiger partial charge is 0.395 e. The Morgan fingerprint density at radius 3 is 2.94 bits per heavy atom. The molecule has 0 bridgehead atoms. The van der Waals surface area contributed by atoms with Gasteiger partial charge in [-0.15, -0.1) is 0 Å². The number of aliphatic hydroxyl groups excluding tert-OH is 1. The van der Waals surface area contributed by atoms with Crippen LogP contribution in [-0.2, 0) is 6.54 Å². The maximum atomic E-state index is 9.22. The van der Waals surface area contributed by atoms with E-state index >= 15 is 0 Å². The molecule has 2 rings (SSSR count). The average Bonchev–Trinajstić information content (AvgIpc) is 2.69. The summed E-state index contributed by atoms with van der Waals surface area (Å²) in [7, 11) is 0. The molecule has 0 spiro atoms. The van der Waals surface area contributed by atoms with Crippen molar-refractivity contribution in [3.63, 3.8) is 0 Å². The minimum atomic E-state index is 0.207. The smallest absolute Gasteiger partial charge is 0.135 e. The molecule has 0 unspecified atom stereocenters. The third-order valence-electron chi connectivity index (χ3n) is 2.98. The van der Waals surface area contributed by atoms with Crippen molar-refractivity contribution >= 4 is 23.2 Å². The molecule has 1 aliphatic heterocycles. The molecule has 1 saturated heterocycles. The van der Waals surface area contributed by atoms with Gasteiger partial charge in [0.2, 0.25) is 0 Å². The first-order valence-electron chi connectivity index (χ1n) is 5.36. The van der Waals surface area contributed by atoms with Gasteiger partial charge in [0.1, 0.15) is 10.3 Å². The number of likely N-dealkylation sites (tertiary alicyclic amines) is 1. The van der Waals surface area contributed by atoms with Crippen LogP contribution in [0.4, 0.5) is 0 Å². The van der Waals surface area contributed by atoms with Crippen LogP contribution in [0, 0.1) is 0 Å². The molecule has 1 atom stereocenters. The summed E-state index contributed by atoms with van der Waals surface area (Å²) in [5.74, 6) is 0. The molecule has 16 heavy (non-hydrogen) atoms. The van der Waals surface area contributed by atoms with Crippen molar-refractivity contribution in [2.75, 3.05) is 13.2 Å². The summed E-state index contributed by atoms with van der Waals surface area (Å²) >= 11 is 11.8. The van der Waals surface area contributed by atoms with Crippen molar-refractivity contribution in [3.8, 4) is 0 Å². The topological polar surface area (TPSA) is 36.4 Å². The van der Waals surface area contributed by atoms with Gasteiger partial charge in [-0.25, -0.2) is 4.98 Å². The van der Waals surface area contributed by atoms with Gasteiger partial charge in [-0.3, -0.25) is 4.90 Å². The van der Waals surface area contributed by atoms with Gasteiger partial charge in [0.05, 0.1) is 6.61 Å². The molecule has 0 saturated carbocycles. The molecule has 3 nitrogen and oxygen atoms in total. The van der Waals surface area contributed by atoms with Gasteiger partial charge in [-0.1, -0.05) is 29.3 Å². The molecule has 1 aromatic rings. The molecule has 88 valence electrons. The lowest BCUT2D eigenvalue weighted by molar-refractivity contribution is 0.153. The highest BCUT2D eigenvalue weighted by Crippen LogP contribution is 2.23. The summed E-state index contributed by atoms with van der Waals surface area (Å²) in [4.78, 5) is 6.24. The van der Waals surface area contributed by atoms with Crippen LogP contribution in [0.1, 0.15) is 18.4 Å². The maximum absolute atomic E-state index is 9.22. The van der Waals surface area contributed by atoms with E-state index in [1.165, 1.54) is 0 Å². The predicted molar refractivity (Wildman–Crippen MR) is 64.8 cm³/mol. The highest BCUT2D eigenvalue weighted by Gasteiger charge is 2.24. The summed E-state index contributed by atoms with van der Waals surface area (Å²) in [6, 6.07) is 3.89. The zero-order valence-corrected chi connectivity index (χ0v) is 10.4. The molecule has 1 fully saturated rings. The predicted octanol–water partition coefficient (Wildman–Crippen LogP) is 2.35. The van der Waals surface area contributed by atoms with Crippen LogP contribution in [0.25, 0.3) is 0 Å². The third-order valence-corrected chi connectivity index (χ3v) is 3.51. The number of aromatic nitrogens is 1. The Balaban J connectivity index is 2.08. The lowest BCUT2D eigenvalue weighted by atomic mass is 10.2. The fraction of sp³-hybridized carbons (Fsp3) is 0.545. The maximum Gasteiger partial charge on any atom is 0.135 e. The van der Waals surface area contributed by atoms with Gasteiger partial charge in [-0.2, -0.15) is 0 Å². The molecule has 5 heteroatoms.